The Morgan fingerprint density at radius 3 is 2.14 bits per heavy atom. The van der Waals surface area contributed by atoms with Crippen molar-refractivity contribution in [2.45, 2.75) is 17.4 Å². The van der Waals surface area contributed by atoms with Gasteiger partial charge in [-0.3, -0.25) is 29.7 Å². The molecule has 1 spiro atoms. The van der Waals surface area contributed by atoms with Crippen LogP contribution < -0.4 is 14.8 Å². The molecule has 14 nitrogen and oxygen atoms in total. The molecule has 0 saturated carbocycles. The number of sulfonamides is 1. The lowest BCUT2D eigenvalue weighted by molar-refractivity contribution is -0.396. The van der Waals surface area contributed by atoms with Crippen LogP contribution >= 0.6 is 0 Å². The summed E-state index contributed by atoms with van der Waals surface area (Å²) < 4.78 is 40.9. The van der Waals surface area contributed by atoms with E-state index in [1.54, 1.807) is 36.4 Å². The van der Waals surface area contributed by atoms with Crippen LogP contribution in [0.2, 0.25) is 0 Å². The summed E-state index contributed by atoms with van der Waals surface area (Å²) in [5.74, 6) is -0.610. The average Bonchev–Trinajstić information content (AvgIpc) is 3.24. The van der Waals surface area contributed by atoms with Crippen molar-refractivity contribution < 1.29 is 37.3 Å². The van der Waals surface area contributed by atoms with Crippen molar-refractivity contribution in [1.29, 1.82) is 0 Å². The summed E-state index contributed by atoms with van der Waals surface area (Å²) in [5, 5.41) is 25.3. The number of benzene rings is 4. The Kier molecular flexibility index (Phi) is 6.12. The highest BCUT2D eigenvalue weighted by Crippen LogP contribution is 2.56. The topological polar surface area (TPSA) is 197 Å². The molecule has 0 aliphatic carbocycles. The number of nitrogens with zero attached hydrogens (tertiary/aromatic N) is 2. The van der Waals surface area contributed by atoms with Crippen LogP contribution in [-0.2, 0) is 25.2 Å². The van der Waals surface area contributed by atoms with Gasteiger partial charge in [0.25, 0.3) is 21.4 Å². The van der Waals surface area contributed by atoms with Crippen molar-refractivity contribution in [2.24, 2.45) is 0 Å². The highest BCUT2D eigenvalue weighted by Gasteiger charge is 2.53. The van der Waals surface area contributed by atoms with Gasteiger partial charge in [-0.15, -0.1) is 0 Å². The number of esters is 1. The number of ether oxygens (including phenoxy) is 2. The molecule has 0 bridgehead atoms. The second-order valence-electron chi connectivity index (χ2n) is 9.59. The Morgan fingerprint density at radius 1 is 0.837 bits per heavy atom. The number of anilines is 2. The van der Waals surface area contributed by atoms with E-state index < -0.39 is 47.7 Å². The molecule has 2 aliphatic heterocycles. The van der Waals surface area contributed by atoms with Gasteiger partial charge in [0.15, 0.2) is 10.5 Å². The normalized spacial score (nSPS) is 16.3. The molecule has 1 amide bonds. The molecule has 0 radical (unpaired) electrons. The maximum absolute atomic E-state index is 13.2. The van der Waals surface area contributed by atoms with E-state index in [0.717, 1.165) is 12.1 Å². The number of nitrogens with one attached hydrogen (secondary N) is 2. The molecule has 2 N–H and O–H groups in total. The summed E-state index contributed by atoms with van der Waals surface area (Å²) in [6.45, 7) is 1.33. The van der Waals surface area contributed by atoms with Crippen LogP contribution in [0, 0.1) is 20.2 Å². The molecular weight excluding hydrogens is 584 g/mol. The monoisotopic (exact) mass is 602 g/mol. The van der Waals surface area contributed by atoms with Crippen LogP contribution in [0.15, 0.2) is 83.8 Å². The van der Waals surface area contributed by atoms with Crippen LogP contribution in [0.4, 0.5) is 22.7 Å². The lowest BCUT2D eigenvalue weighted by Gasteiger charge is -2.36. The summed E-state index contributed by atoms with van der Waals surface area (Å²) >= 11 is 0. The Balaban J connectivity index is 1.47. The fraction of sp³-hybridized carbons (Fsp3) is 0.0714. The zero-order valence-electron chi connectivity index (χ0n) is 21.9. The SMILES string of the molecule is CC(=O)Nc1ccc2c(c1)Oc1cc(NS(=O)(=O)c3ccc([N+](=O)[O-])cc3[N+](=O)[O-])ccc1C21OC(=O)c2ccccc21. The summed E-state index contributed by atoms with van der Waals surface area (Å²) in [4.78, 5) is 44.7. The summed E-state index contributed by atoms with van der Waals surface area (Å²) in [6, 6.07) is 17.9. The van der Waals surface area contributed by atoms with Crippen LogP contribution in [0.25, 0.3) is 0 Å². The molecule has 0 fully saturated rings. The predicted octanol–water partition coefficient (Wildman–Crippen LogP) is 4.83. The fourth-order valence-electron chi connectivity index (χ4n) is 5.22. The van der Waals surface area contributed by atoms with Crippen LogP contribution in [0.1, 0.15) is 34.0 Å². The third-order valence-electron chi connectivity index (χ3n) is 6.93. The van der Waals surface area contributed by atoms with Gasteiger partial charge in [0.05, 0.1) is 27.2 Å². The van der Waals surface area contributed by atoms with Crippen molar-refractivity contribution in [3.63, 3.8) is 0 Å². The molecule has 2 aliphatic rings. The van der Waals surface area contributed by atoms with E-state index in [1.807, 2.05) is 0 Å². The van der Waals surface area contributed by atoms with E-state index in [2.05, 4.69) is 10.0 Å². The van der Waals surface area contributed by atoms with Crippen LogP contribution in [0.3, 0.4) is 0 Å². The van der Waals surface area contributed by atoms with E-state index in [1.165, 1.54) is 31.2 Å². The minimum absolute atomic E-state index is 0.0689. The number of nitro groups is 2. The van der Waals surface area contributed by atoms with E-state index in [-0.39, 0.29) is 23.1 Å². The molecular formula is C28H18N4O10S. The first-order valence-electron chi connectivity index (χ1n) is 12.4. The summed E-state index contributed by atoms with van der Waals surface area (Å²) in [7, 11) is -4.63. The number of rotatable bonds is 6. The molecule has 1 unspecified atom stereocenters. The maximum Gasteiger partial charge on any atom is 0.340 e. The van der Waals surface area contributed by atoms with Gasteiger partial charge in [-0.1, -0.05) is 18.2 Å². The number of hydrogen-bond acceptors (Lipinski definition) is 10. The summed E-state index contributed by atoms with van der Waals surface area (Å²) in [5.41, 5.74) is -1.11. The highest BCUT2D eigenvalue weighted by molar-refractivity contribution is 7.92. The molecule has 0 saturated heterocycles. The first kappa shape index (κ1) is 27.3. The molecule has 6 rings (SSSR count). The number of amides is 1. The van der Waals surface area contributed by atoms with Gasteiger partial charge >= 0.3 is 5.97 Å². The second kappa shape index (κ2) is 9.63. The van der Waals surface area contributed by atoms with Gasteiger partial charge in [0, 0.05) is 47.5 Å². The van der Waals surface area contributed by atoms with E-state index in [9.17, 15) is 38.2 Å². The number of nitro benzene ring substituents is 2. The standard InChI is InChI=1S/C28H18N4O10S/c1-15(33)29-16-6-9-21-24(12-16)41-25-13-17(7-10-22(25)28(21)20-5-3-2-4-19(20)27(34)42-28)30-43(39,40)26-11-8-18(31(35)36)14-23(26)32(37)38/h2-14,30H,1H3,(H,29,33). The lowest BCUT2D eigenvalue weighted by atomic mass is 9.77. The largest absolute Gasteiger partial charge is 0.456 e. The van der Waals surface area contributed by atoms with E-state index in [4.69, 9.17) is 9.47 Å². The van der Waals surface area contributed by atoms with Crippen molar-refractivity contribution in [2.75, 3.05) is 10.0 Å². The molecule has 15 heteroatoms. The van der Waals surface area contributed by atoms with Crippen molar-refractivity contribution in [1.82, 2.24) is 0 Å². The van der Waals surface area contributed by atoms with Crippen molar-refractivity contribution in [3.05, 3.63) is 121 Å². The highest BCUT2D eigenvalue weighted by atomic mass is 32.2. The lowest BCUT2D eigenvalue weighted by Crippen LogP contribution is -2.33. The van der Waals surface area contributed by atoms with Gasteiger partial charge in [0.1, 0.15) is 11.5 Å². The van der Waals surface area contributed by atoms with Gasteiger partial charge in [-0.25, -0.2) is 13.2 Å². The van der Waals surface area contributed by atoms with Gasteiger partial charge in [0.2, 0.25) is 5.91 Å². The first-order chi connectivity index (χ1) is 20.4. The third-order valence-corrected chi connectivity index (χ3v) is 8.35. The molecule has 216 valence electrons. The Morgan fingerprint density at radius 2 is 1.49 bits per heavy atom. The molecule has 1 atom stereocenters. The number of hydrogen-bond donors (Lipinski definition) is 2. The Labute approximate surface area is 242 Å². The third kappa shape index (κ3) is 4.38. The molecule has 0 aromatic heterocycles. The molecule has 4 aromatic rings. The van der Waals surface area contributed by atoms with Crippen molar-refractivity contribution in [3.8, 4) is 11.5 Å². The number of non-ortho nitro benzene ring substituents is 1. The number of carbonyl (C=O) groups excluding carboxylic acids is 2. The summed E-state index contributed by atoms with van der Waals surface area (Å²) in [6.07, 6.45) is 0. The second-order valence-corrected chi connectivity index (χ2v) is 11.2. The van der Waals surface area contributed by atoms with Gasteiger partial charge in [-0.05, 0) is 36.4 Å². The number of fused-ring (bicyclic) bond motifs is 6. The number of carbonyl (C=O) groups is 2. The minimum Gasteiger partial charge on any atom is -0.456 e. The molecule has 2 heterocycles. The van der Waals surface area contributed by atoms with Crippen LogP contribution in [0.5, 0.6) is 11.5 Å². The first-order valence-corrected chi connectivity index (χ1v) is 13.9. The average molecular weight is 603 g/mol. The fourth-order valence-corrected chi connectivity index (χ4v) is 6.42. The van der Waals surface area contributed by atoms with Crippen LogP contribution in [-0.4, -0.2) is 30.1 Å². The zero-order valence-corrected chi connectivity index (χ0v) is 22.7. The van der Waals surface area contributed by atoms with E-state index >= 15 is 0 Å². The maximum atomic E-state index is 13.2. The quantitative estimate of drug-likeness (QED) is 0.175. The predicted molar refractivity (Wildman–Crippen MR) is 150 cm³/mol. The van der Waals surface area contributed by atoms with Gasteiger partial charge < -0.3 is 14.8 Å². The molecule has 4 aromatic carbocycles. The smallest absolute Gasteiger partial charge is 0.340 e. The van der Waals surface area contributed by atoms with Crippen molar-refractivity contribution >= 4 is 44.6 Å². The minimum atomic E-state index is -4.63. The molecule has 43 heavy (non-hydrogen) atoms. The Hall–Kier alpha value is -5.83. The Bertz CT molecular complexity index is 2030. The zero-order chi connectivity index (χ0) is 30.7. The van der Waals surface area contributed by atoms with Gasteiger partial charge in [-0.2, -0.15) is 0 Å². The van der Waals surface area contributed by atoms with E-state index in [0.29, 0.717) is 34.0 Å².